The van der Waals surface area contributed by atoms with Crippen LogP contribution in [0.5, 0.6) is 0 Å². The van der Waals surface area contributed by atoms with Gasteiger partial charge in [-0.25, -0.2) is 8.42 Å². The summed E-state index contributed by atoms with van der Waals surface area (Å²) in [6, 6.07) is 13.1. The molecule has 27 heavy (non-hydrogen) atoms. The van der Waals surface area contributed by atoms with E-state index < -0.39 is 18.3 Å². The summed E-state index contributed by atoms with van der Waals surface area (Å²) in [5.41, 5.74) is 1.96. The van der Waals surface area contributed by atoms with Gasteiger partial charge in [0, 0.05) is 23.9 Å². The smallest absolute Gasteiger partial charge is 0.265 e. The van der Waals surface area contributed by atoms with Crippen LogP contribution >= 0.6 is 15.9 Å². The highest BCUT2D eigenvalue weighted by Gasteiger charge is 2.35. The number of alkyl halides is 1. The molecule has 1 heterocycles. The largest absolute Gasteiger partial charge is 0.416 e. The van der Waals surface area contributed by atoms with Crippen LogP contribution in [0.15, 0.2) is 35.2 Å². The highest BCUT2D eigenvalue weighted by atomic mass is 79.9. The molecule has 0 fully saturated rings. The molecule has 0 amide bonds. The van der Waals surface area contributed by atoms with Gasteiger partial charge in [0.2, 0.25) is 0 Å². The first-order valence-corrected chi connectivity index (χ1v) is 14.8. The number of sulfonamides is 1. The molecule has 0 saturated carbocycles. The second-order valence-electron chi connectivity index (χ2n) is 7.03. The Kier molecular flexibility index (Phi) is 6.35. The topological polar surface area (TPSA) is 46.6 Å². The fraction of sp³-hybridized carbons (Fsp3) is 0.500. The third kappa shape index (κ3) is 3.59. The van der Waals surface area contributed by atoms with Gasteiger partial charge in [0.15, 0.2) is 8.32 Å². The zero-order chi connectivity index (χ0) is 19.7. The molecule has 0 atom stereocenters. The van der Waals surface area contributed by atoms with Gasteiger partial charge in [-0.3, -0.25) is 4.31 Å². The van der Waals surface area contributed by atoms with Gasteiger partial charge in [-0.15, -0.1) is 0 Å². The molecule has 0 unspecified atom stereocenters. The van der Waals surface area contributed by atoms with Crippen LogP contribution in [-0.4, -0.2) is 35.2 Å². The minimum Gasteiger partial charge on any atom is -0.416 e. The van der Waals surface area contributed by atoms with Crippen LogP contribution in [0.3, 0.4) is 0 Å². The van der Waals surface area contributed by atoms with Crippen molar-refractivity contribution in [3.05, 3.63) is 35.9 Å². The summed E-state index contributed by atoms with van der Waals surface area (Å²) in [5.74, 6) is 0. The molecule has 0 saturated heterocycles. The number of benzene rings is 2. The molecule has 2 aromatic carbocycles. The molecule has 1 aliphatic rings. The Morgan fingerprint density at radius 1 is 1.07 bits per heavy atom. The summed E-state index contributed by atoms with van der Waals surface area (Å²) in [7, 11) is -5.06. The second kappa shape index (κ2) is 8.23. The summed E-state index contributed by atoms with van der Waals surface area (Å²) in [6.07, 6.45) is 0.813. The molecular formula is C20H28BrNO3SSi. The first-order chi connectivity index (χ1) is 12.9. The molecule has 0 spiro atoms. The second-order valence-corrected chi connectivity index (χ2v) is 14.4. The van der Waals surface area contributed by atoms with Crippen molar-refractivity contribution in [1.29, 1.82) is 0 Å². The van der Waals surface area contributed by atoms with Crippen LogP contribution in [0.4, 0.5) is 5.69 Å². The minimum atomic E-state index is -3.45. The van der Waals surface area contributed by atoms with Crippen molar-refractivity contribution in [2.45, 2.75) is 50.2 Å². The Morgan fingerprint density at radius 2 is 1.78 bits per heavy atom. The Hall–Kier alpha value is -0.893. The minimum absolute atomic E-state index is 0.429. The number of halogens is 1. The van der Waals surface area contributed by atoms with Crippen molar-refractivity contribution in [3.63, 3.8) is 0 Å². The van der Waals surface area contributed by atoms with Gasteiger partial charge in [-0.1, -0.05) is 54.9 Å². The summed E-state index contributed by atoms with van der Waals surface area (Å²) in [6.45, 7) is 7.86. The summed E-state index contributed by atoms with van der Waals surface area (Å²) in [4.78, 5) is 0.429. The molecule has 0 radical (unpaired) electrons. The average molecular weight is 471 g/mol. The average Bonchev–Trinajstić information content (AvgIpc) is 2.90. The van der Waals surface area contributed by atoms with E-state index in [9.17, 15) is 8.42 Å². The van der Waals surface area contributed by atoms with E-state index in [0.29, 0.717) is 23.4 Å². The van der Waals surface area contributed by atoms with E-state index in [4.69, 9.17) is 4.43 Å². The van der Waals surface area contributed by atoms with E-state index in [2.05, 4.69) is 36.7 Å². The maximum atomic E-state index is 12.9. The Bertz CT molecular complexity index is 920. The van der Waals surface area contributed by atoms with Gasteiger partial charge in [0.1, 0.15) is 0 Å². The lowest BCUT2D eigenvalue weighted by atomic mass is 10.0. The fourth-order valence-corrected chi connectivity index (χ4v) is 8.99. The van der Waals surface area contributed by atoms with E-state index in [1.807, 2.05) is 24.3 Å². The van der Waals surface area contributed by atoms with Crippen molar-refractivity contribution in [3.8, 4) is 0 Å². The highest BCUT2D eigenvalue weighted by Crippen LogP contribution is 2.43. The molecule has 0 aromatic heterocycles. The van der Waals surface area contributed by atoms with E-state index in [1.165, 1.54) is 4.31 Å². The van der Waals surface area contributed by atoms with Gasteiger partial charge in [-0.2, -0.15) is 0 Å². The van der Waals surface area contributed by atoms with Crippen molar-refractivity contribution < 1.29 is 12.8 Å². The number of anilines is 1. The van der Waals surface area contributed by atoms with Gasteiger partial charge < -0.3 is 4.43 Å². The monoisotopic (exact) mass is 469 g/mol. The van der Waals surface area contributed by atoms with Crippen molar-refractivity contribution in [2.75, 3.05) is 22.8 Å². The number of rotatable bonds is 9. The van der Waals surface area contributed by atoms with Crippen LogP contribution < -0.4 is 4.31 Å². The summed E-state index contributed by atoms with van der Waals surface area (Å²) in [5, 5.41) is 2.50. The van der Waals surface area contributed by atoms with E-state index in [0.717, 1.165) is 46.6 Å². The van der Waals surface area contributed by atoms with Gasteiger partial charge in [-0.05, 0) is 47.6 Å². The van der Waals surface area contributed by atoms with E-state index in [1.54, 1.807) is 6.07 Å². The number of nitrogens with zero attached hydrogens (tertiary/aromatic N) is 1. The van der Waals surface area contributed by atoms with Crippen LogP contribution in [-0.2, 0) is 20.9 Å². The molecule has 0 aliphatic carbocycles. The molecule has 7 heteroatoms. The van der Waals surface area contributed by atoms with E-state index in [-0.39, 0.29) is 0 Å². The fourth-order valence-electron chi connectivity index (χ4n) is 4.06. The standard InChI is InChI=1S/C20H28BrNO3SSi/c1-4-27(5-2,6-3)25-15-12-16-10-11-19-20-17(16)8-7-9-18(20)22(14-13-21)26(19,23)24/h7-11H,4-6,12-15H2,1-3H3. The van der Waals surface area contributed by atoms with Gasteiger partial charge >= 0.3 is 0 Å². The zero-order valence-electron chi connectivity index (χ0n) is 16.3. The van der Waals surface area contributed by atoms with Crippen molar-refractivity contribution in [1.82, 2.24) is 0 Å². The molecule has 0 N–H and O–H groups in total. The molecular weight excluding hydrogens is 442 g/mol. The first-order valence-electron chi connectivity index (χ1n) is 9.71. The lowest BCUT2D eigenvalue weighted by Crippen LogP contribution is -2.36. The summed E-state index contributed by atoms with van der Waals surface area (Å²) >= 11 is 3.37. The predicted molar refractivity (Wildman–Crippen MR) is 119 cm³/mol. The summed E-state index contributed by atoms with van der Waals surface area (Å²) < 4.78 is 33.8. The molecule has 0 bridgehead atoms. The first kappa shape index (κ1) is 20.8. The Morgan fingerprint density at radius 3 is 2.41 bits per heavy atom. The molecule has 1 aliphatic heterocycles. The van der Waals surface area contributed by atoms with Gasteiger partial charge in [0.05, 0.1) is 10.6 Å². The lowest BCUT2D eigenvalue weighted by molar-refractivity contribution is 0.304. The van der Waals surface area contributed by atoms with Crippen LogP contribution in [0.2, 0.25) is 18.1 Å². The SMILES string of the molecule is CC[Si](CC)(CC)OCCc1ccc2c3c(cccc13)N(CCBr)S2(=O)=O. The van der Waals surface area contributed by atoms with Crippen molar-refractivity contribution in [2.24, 2.45) is 0 Å². The van der Waals surface area contributed by atoms with Gasteiger partial charge in [0.25, 0.3) is 10.0 Å². The lowest BCUT2D eigenvalue weighted by Gasteiger charge is -2.28. The molecule has 2 aromatic rings. The predicted octanol–water partition coefficient (Wildman–Crippen LogP) is 5.31. The van der Waals surface area contributed by atoms with E-state index >= 15 is 0 Å². The van der Waals surface area contributed by atoms with Crippen LogP contribution in [0.1, 0.15) is 26.3 Å². The number of hydrogen-bond donors (Lipinski definition) is 0. The molecule has 148 valence electrons. The van der Waals surface area contributed by atoms with Crippen molar-refractivity contribution >= 4 is 50.7 Å². The molecule has 3 rings (SSSR count). The Labute approximate surface area is 172 Å². The highest BCUT2D eigenvalue weighted by molar-refractivity contribution is 9.09. The third-order valence-corrected chi connectivity index (χ3v) is 12.8. The number of hydrogen-bond acceptors (Lipinski definition) is 3. The van der Waals surface area contributed by atoms with Crippen LogP contribution in [0, 0.1) is 0 Å². The van der Waals surface area contributed by atoms with Crippen LogP contribution in [0.25, 0.3) is 10.8 Å². The maximum Gasteiger partial charge on any atom is 0.265 e. The normalized spacial score (nSPS) is 15.6. The molecule has 4 nitrogen and oxygen atoms in total. The quantitative estimate of drug-likeness (QED) is 0.369. The Balaban J connectivity index is 1.94. The maximum absolute atomic E-state index is 12.9. The third-order valence-electron chi connectivity index (χ3n) is 5.91. The zero-order valence-corrected chi connectivity index (χ0v) is 19.7.